The molecule has 0 aliphatic rings. The molecule has 0 fully saturated rings. The maximum Gasteiger partial charge on any atom is 0.387 e. The van der Waals surface area contributed by atoms with Crippen LogP contribution < -0.4 is 20.1 Å². The summed E-state index contributed by atoms with van der Waals surface area (Å²) in [4.78, 5) is 23.0. The van der Waals surface area contributed by atoms with Crippen LogP contribution in [0.2, 0.25) is 0 Å². The Morgan fingerprint density at radius 3 is 2.32 bits per heavy atom. The molecule has 6 nitrogen and oxygen atoms in total. The Morgan fingerprint density at radius 1 is 1.04 bits per heavy atom. The number of nitrogens with one attached hydrogen (secondary N) is 2. The van der Waals surface area contributed by atoms with E-state index in [1.807, 2.05) is 0 Å². The van der Waals surface area contributed by atoms with Crippen LogP contribution in [-0.2, 0) is 22.4 Å². The van der Waals surface area contributed by atoms with Crippen LogP contribution in [-0.4, -0.2) is 32.1 Å². The molecule has 28 heavy (non-hydrogen) atoms. The summed E-state index contributed by atoms with van der Waals surface area (Å²) in [5.74, 6) is -0.121. The van der Waals surface area contributed by atoms with Crippen LogP contribution in [0.5, 0.6) is 11.5 Å². The molecule has 0 atom stereocenters. The molecule has 2 amide bonds. The number of hydrogen-bond acceptors (Lipinski definition) is 4. The minimum Gasteiger partial charge on any atom is -0.493 e. The van der Waals surface area contributed by atoms with Crippen LogP contribution in [0.3, 0.4) is 0 Å². The predicted octanol–water partition coefficient (Wildman–Crippen LogP) is 3.16. The molecule has 0 radical (unpaired) electrons. The summed E-state index contributed by atoms with van der Waals surface area (Å²) in [6.45, 7) is -1.11. The minimum absolute atomic E-state index is 0.0343. The lowest BCUT2D eigenvalue weighted by Crippen LogP contribution is -2.27. The zero-order valence-electron chi connectivity index (χ0n) is 15.6. The summed E-state index contributed by atoms with van der Waals surface area (Å²) in [6, 6.07) is 11.7. The van der Waals surface area contributed by atoms with E-state index in [1.54, 1.807) is 36.4 Å². The highest BCUT2D eigenvalue weighted by Gasteiger charge is 2.11. The highest BCUT2D eigenvalue weighted by atomic mass is 19.3. The monoisotopic (exact) mass is 392 g/mol. The van der Waals surface area contributed by atoms with Gasteiger partial charge in [-0.05, 0) is 41.8 Å². The Morgan fingerprint density at radius 2 is 1.71 bits per heavy atom. The van der Waals surface area contributed by atoms with Crippen LogP contribution in [0.4, 0.5) is 14.5 Å². The highest BCUT2D eigenvalue weighted by molar-refractivity contribution is 5.88. The van der Waals surface area contributed by atoms with E-state index in [-0.39, 0.29) is 29.7 Å². The van der Waals surface area contributed by atoms with Crippen molar-refractivity contribution >= 4 is 17.5 Å². The molecular formula is C20H22F2N2O4. The lowest BCUT2D eigenvalue weighted by Gasteiger charge is -2.12. The molecule has 2 rings (SSSR count). The van der Waals surface area contributed by atoms with Crippen LogP contribution in [0, 0.1) is 0 Å². The Hall–Kier alpha value is -3.16. The first-order valence-electron chi connectivity index (χ1n) is 8.62. The summed E-state index contributed by atoms with van der Waals surface area (Å²) < 4.78 is 34.1. The van der Waals surface area contributed by atoms with E-state index in [1.165, 1.54) is 20.1 Å². The van der Waals surface area contributed by atoms with Crippen LogP contribution in [0.25, 0.3) is 0 Å². The Balaban J connectivity index is 1.82. The van der Waals surface area contributed by atoms with Gasteiger partial charge in [0.15, 0.2) is 11.5 Å². The number of halogens is 2. The second kappa shape index (κ2) is 10.2. The molecule has 0 saturated carbocycles. The van der Waals surface area contributed by atoms with Crippen molar-refractivity contribution in [3.8, 4) is 11.5 Å². The molecule has 2 aromatic rings. The van der Waals surface area contributed by atoms with Crippen molar-refractivity contribution in [3.63, 3.8) is 0 Å². The first-order valence-corrected chi connectivity index (χ1v) is 8.62. The van der Waals surface area contributed by atoms with Crippen LogP contribution in [0.15, 0.2) is 42.5 Å². The third-order valence-corrected chi connectivity index (χ3v) is 3.82. The fraction of sp³-hybridized carbons (Fsp3) is 0.300. The molecule has 0 aromatic heterocycles. The standard InChI is InChI=1S/C20H22F2N2O4/c1-13(25)24-16-6-3-14(4-7-16)12-19(26)23-10-9-15-5-8-17(28-20(21)22)18(11-15)27-2/h3-8,11,20H,9-10,12H2,1-2H3,(H,23,26)(H,24,25). The van der Waals surface area contributed by atoms with Gasteiger partial charge >= 0.3 is 6.61 Å². The molecule has 0 aliphatic heterocycles. The molecule has 0 saturated heterocycles. The largest absolute Gasteiger partial charge is 0.493 e. The summed E-state index contributed by atoms with van der Waals surface area (Å²) >= 11 is 0. The average Bonchev–Trinajstić information content (AvgIpc) is 2.63. The maximum atomic E-state index is 12.3. The molecule has 150 valence electrons. The second-order valence-electron chi connectivity index (χ2n) is 6.02. The van der Waals surface area contributed by atoms with Gasteiger partial charge in [0.2, 0.25) is 11.8 Å². The van der Waals surface area contributed by atoms with E-state index < -0.39 is 6.61 Å². The SMILES string of the molecule is COc1cc(CCNC(=O)Cc2ccc(NC(C)=O)cc2)ccc1OC(F)F. The number of carbonyl (C=O) groups excluding carboxylic acids is 2. The first kappa shape index (κ1) is 21.1. The third kappa shape index (κ3) is 6.86. The number of anilines is 1. The Kier molecular flexibility index (Phi) is 7.74. The molecule has 2 aromatic carbocycles. The van der Waals surface area contributed by atoms with Gasteiger partial charge in [-0.3, -0.25) is 9.59 Å². The van der Waals surface area contributed by atoms with Crippen molar-refractivity contribution in [3.05, 3.63) is 53.6 Å². The molecule has 0 bridgehead atoms. The van der Waals surface area contributed by atoms with Gasteiger partial charge in [-0.25, -0.2) is 0 Å². The van der Waals surface area contributed by atoms with Crippen LogP contribution in [0.1, 0.15) is 18.1 Å². The number of ether oxygens (including phenoxy) is 2. The molecule has 0 spiro atoms. The number of rotatable bonds is 9. The van der Waals surface area contributed by atoms with E-state index in [0.29, 0.717) is 18.7 Å². The summed E-state index contributed by atoms with van der Waals surface area (Å²) in [7, 11) is 1.37. The molecule has 0 aliphatic carbocycles. The van der Waals surface area contributed by atoms with Gasteiger partial charge in [0.1, 0.15) is 0 Å². The van der Waals surface area contributed by atoms with Crippen LogP contribution >= 0.6 is 0 Å². The summed E-state index contributed by atoms with van der Waals surface area (Å²) in [5.41, 5.74) is 2.31. The average molecular weight is 392 g/mol. The summed E-state index contributed by atoms with van der Waals surface area (Å²) in [6.07, 6.45) is 0.726. The van der Waals surface area contributed by atoms with Gasteiger partial charge in [0.05, 0.1) is 13.5 Å². The molecular weight excluding hydrogens is 370 g/mol. The Bertz CT molecular complexity index is 810. The normalized spacial score (nSPS) is 10.5. The van der Waals surface area contributed by atoms with Crippen molar-refractivity contribution < 1.29 is 27.8 Å². The highest BCUT2D eigenvalue weighted by Crippen LogP contribution is 2.29. The van der Waals surface area contributed by atoms with Crippen molar-refractivity contribution in [2.45, 2.75) is 26.4 Å². The molecule has 0 unspecified atom stereocenters. The zero-order valence-corrected chi connectivity index (χ0v) is 15.6. The number of amides is 2. The van der Waals surface area contributed by atoms with E-state index in [2.05, 4.69) is 15.4 Å². The second-order valence-corrected chi connectivity index (χ2v) is 6.02. The number of methoxy groups -OCH3 is 1. The van der Waals surface area contributed by atoms with Gasteiger partial charge in [0, 0.05) is 19.2 Å². The topological polar surface area (TPSA) is 76.7 Å². The van der Waals surface area contributed by atoms with E-state index >= 15 is 0 Å². The lowest BCUT2D eigenvalue weighted by molar-refractivity contribution is -0.120. The quantitative estimate of drug-likeness (QED) is 0.687. The molecule has 0 heterocycles. The number of carbonyl (C=O) groups is 2. The number of alkyl halides is 2. The maximum absolute atomic E-state index is 12.3. The minimum atomic E-state index is -2.92. The molecule has 8 heteroatoms. The predicted molar refractivity (Wildman–Crippen MR) is 101 cm³/mol. The van der Waals surface area contributed by atoms with Crippen molar-refractivity contribution in [2.75, 3.05) is 19.0 Å². The van der Waals surface area contributed by atoms with Gasteiger partial charge in [-0.15, -0.1) is 0 Å². The van der Waals surface area contributed by atoms with E-state index in [0.717, 1.165) is 11.1 Å². The fourth-order valence-corrected chi connectivity index (χ4v) is 2.56. The summed E-state index contributed by atoms with van der Waals surface area (Å²) in [5, 5.41) is 5.47. The van der Waals surface area contributed by atoms with Gasteiger partial charge in [-0.2, -0.15) is 8.78 Å². The van der Waals surface area contributed by atoms with Gasteiger partial charge in [0.25, 0.3) is 0 Å². The van der Waals surface area contributed by atoms with Gasteiger partial charge < -0.3 is 20.1 Å². The zero-order chi connectivity index (χ0) is 20.5. The number of benzene rings is 2. The lowest BCUT2D eigenvalue weighted by atomic mass is 10.1. The van der Waals surface area contributed by atoms with Gasteiger partial charge in [-0.1, -0.05) is 18.2 Å². The Labute approximate surface area is 161 Å². The molecule has 2 N–H and O–H groups in total. The van der Waals surface area contributed by atoms with Crippen molar-refractivity contribution in [1.29, 1.82) is 0 Å². The fourth-order valence-electron chi connectivity index (χ4n) is 2.56. The third-order valence-electron chi connectivity index (χ3n) is 3.82. The first-order chi connectivity index (χ1) is 13.4. The number of hydrogen-bond donors (Lipinski definition) is 2. The smallest absolute Gasteiger partial charge is 0.387 e. The van der Waals surface area contributed by atoms with Crippen molar-refractivity contribution in [2.24, 2.45) is 0 Å². The van der Waals surface area contributed by atoms with E-state index in [9.17, 15) is 18.4 Å². The van der Waals surface area contributed by atoms with E-state index in [4.69, 9.17) is 4.74 Å². The van der Waals surface area contributed by atoms with Crippen molar-refractivity contribution in [1.82, 2.24) is 5.32 Å².